The van der Waals surface area contributed by atoms with E-state index in [1.165, 1.54) is 4.88 Å². The summed E-state index contributed by atoms with van der Waals surface area (Å²) in [6.07, 6.45) is 2.55. The molecule has 1 unspecified atom stereocenters. The fraction of sp³-hybridized carbons (Fsp3) is 0.357. The number of pyridine rings is 1. The van der Waals surface area contributed by atoms with Crippen molar-refractivity contribution in [2.75, 3.05) is 5.73 Å². The third-order valence-corrected chi connectivity index (χ3v) is 4.38. The molecule has 2 aromatic rings. The maximum atomic E-state index is 10.3. The Balaban J connectivity index is 2.33. The quantitative estimate of drug-likeness (QED) is 0.874. The van der Waals surface area contributed by atoms with E-state index in [0.29, 0.717) is 11.3 Å². The van der Waals surface area contributed by atoms with E-state index in [4.69, 9.17) is 5.73 Å². The van der Waals surface area contributed by atoms with Gasteiger partial charge in [-0.15, -0.1) is 11.3 Å². The lowest BCUT2D eigenvalue weighted by atomic mass is 9.95. The van der Waals surface area contributed by atoms with E-state index in [1.807, 2.05) is 6.07 Å². The van der Waals surface area contributed by atoms with Gasteiger partial charge in [0.05, 0.1) is 0 Å². The molecule has 0 saturated heterocycles. The molecule has 3 nitrogen and oxygen atoms in total. The summed E-state index contributed by atoms with van der Waals surface area (Å²) in [6, 6.07) is 5.73. The van der Waals surface area contributed by atoms with Crippen molar-refractivity contribution in [3.63, 3.8) is 0 Å². The van der Waals surface area contributed by atoms with Crippen LogP contribution in [0.3, 0.4) is 0 Å². The van der Waals surface area contributed by atoms with Crippen LogP contribution >= 0.6 is 11.3 Å². The lowest BCUT2D eigenvalue weighted by Crippen LogP contribution is -2.08. The zero-order valence-corrected chi connectivity index (χ0v) is 11.7. The summed E-state index contributed by atoms with van der Waals surface area (Å²) in [5.41, 5.74) is 7.20. The van der Waals surface area contributed by atoms with Gasteiger partial charge in [-0.3, -0.25) is 4.98 Å². The number of hydrogen-bond donors (Lipinski definition) is 2. The molecule has 2 heterocycles. The van der Waals surface area contributed by atoms with Gasteiger partial charge in [-0.1, -0.05) is 20.8 Å². The van der Waals surface area contributed by atoms with E-state index in [1.54, 1.807) is 29.8 Å². The molecule has 1 atom stereocenters. The Hall–Kier alpha value is -1.39. The number of nitrogens with two attached hydrogens (primary N) is 1. The van der Waals surface area contributed by atoms with Gasteiger partial charge in [-0.25, -0.2) is 0 Å². The summed E-state index contributed by atoms with van der Waals surface area (Å²) in [7, 11) is 0. The van der Waals surface area contributed by atoms with Crippen molar-refractivity contribution in [3.8, 4) is 0 Å². The average molecular weight is 262 g/mol. The van der Waals surface area contributed by atoms with E-state index in [9.17, 15) is 5.11 Å². The second-order valence-corrected chi connectivity index (χ2v) is 6.47. The maximum Gasteiger partial charge on any atom is 0.117 e. The lowest BCUT2D eigenvalue weighted by molar-refractivity contribution is 0.224. The zero-order valence-electron chi connectivity index (χ0n) is 10.8. The molecular weight excluding hydrogens is 244 g/mol. The molecule has 0 amide bonds. The van der Waals surface area contributed by atoms with Crippen LogP contribution in [0.25, 0.3) is 0 Å². The lowest BCUT2D eigenvalue weighted by Gasteiger charge is -2.16. The van der Waals surface area contributed by atoms with E-state index < -0.39 is 6.10 Å². The second-order valence-electron chi connectivity index (χ2n) is 5.36. The Morgan fingerprint density at radius 3 is 2.56 bits per heavy atom. The van der Waals surface area contributed by atoms with Crippen molar-refractivity contribution >= 4 is 17.0 Å². The van der Waals surface area contributed by atoms with Gasteiger partial charge in [-0.2, -0.15) is 0 Å². The van der Waals surface area contributed by atoms with E-state index in [2.05, 4.69) is 31.8 Å². The highest BCUT2D eigenvalue weighted by molar-refractivity contribution is 7.12. The predicted molar refractivity (Wildman–Crippen MR) is 75.7 cm³/mol. The van der Waals surface area contributed by atoms with Crippen LogP contribution in [0.15, 0.2) is 30.6 Å². The number of rotatable bonds is 2. The molecule has 0 aliphatic carbocycles. The molecule has 0 aliphatic heterocycles. The van der Waals surface area contributed by atoms with Crippen LogP contribution in [0, 0.1) is 0 Å². The van der Waals surface area contributed by atoms with Crippen LogP contribution < -0.4 is 5.73 Å². The van der Waals surface area contributed by atoms with Crippen molar-refractivity contribution in [1.29, 1.82) is 0 Å². The SMILES string of the molecule is CC(C)(C)c1ccc(C(O)c2cnccc2N)s1. The fourth-order valence-electron chi connectivity index (χ4n) is 1.70. The highest BCUT2D eigenvalue weighted by Crippen LogP contribution is 2.35. The van der Waals surface area contributed by atoms with Gasteiger partial charge >= 0.3 is 0 Å². The molecule has 18 heavy (non-hydrogen) atoms. The third-order valence-electron chi connectivity index (χ3n) is 2.82. The van der Waals surface area contributed by atoms with Crippen LogP contribution in [0.2, 0.25) is 0 Å². The largest absolute Gasteiger partial charge is 0.398 e. The minimum atomic E-state index is -0.695. The normalized spacial score (nSPS) is 13.6. The molecule has 0 aromatic carbocycles. The molecular formula is C14H18N2OS. The first-order valence-electron chi connectivity index (χ1n) is 5.87. The molecule has 4 heteroatoms. The summed E-state index contributed by atoms with van der Waals surface area (Å²) in [4.78, 5) is 6.16. The summed E-state index contributed by atoms with van der Waals surface area (Å²) in [5.74, 6) is 0. The van der Waals surface area contributed by atoms with Gasteiger partial charge < -0.3 is 10.8 Å². The fourth-order valence-corrected chi connectivity index (χ4v) is 2.77. The van der Waals surface area contributed by atoms with Gasteiger partial charge in [0.25, 0.3) is 0 Å². The summed E-state index contributed by atoms with van der Waals surface area (Å²) in [6.45, 7) is 6.48. The van der Waals surface area contributed by atoms with Crippen molar-refractivity contribution < 1.29 is 5.11 Å². The second kappa shape index (κ2) is 4.71. The molecule has 0 bridgehead atoms. The molecule has 96 valence electrons. The molecule has 0 fully saturated rings. The molecule has 3 N–H and O–H groups in total. The standard InChI is InChI=1S/C14H18N2OS/c1-14(2,3)12-5-4-11(18-12)13(17)9-8-16-7-6-10(9)15/h4-8,13,17H,1-3H3,(H2,15,16). The van der Waals surface area contributed by atoms with Crippen molar-refractivity contribution in [2.45, 2.75) is 32.3 Å². The van der Waals surface area contributed by atoms with E-state index in [0.717, 1.165) is 4.88 Å². The Kier molecular flexibility index (Phi) is 3.41. The Labute approximate surface area is 111 Å². The molecule has 2 aromatic heterocycles. The highest BCUT2D eigenvalue weighted by Gasteiger charge is 2.20. The first-order valence-corrected chi connectivity index (χ1v) is 6.69. The van der Waals surface area contributed by atoms with Gasteiger partial charge in [-0.05, 0) is 23.6 Å². The number of nitrogens with zero attached hydrogens (tertiary/aromatic N) is 1. The van der Waals surface area contributed by atoms with Crippen LogP contribution in [0.5, 0.6) is 0 Å². The summed E-state index contributed by atoms with van der Waals surface area (Å²) < 4.78 is 0. The molecule has 2 rings (SSSR count). The maximum absolute atomic E-state index is 10.3. The minimum absolute atomic E-state index is 0.100. The van der Waals surface area contributed by atoms with Gasteiger partial charge in [0, 0.05) is 33.4 Å². The number of aliphatic hydroxyl groups excluding tert-OH is 1. The molecule has 0 spiro atoms. The van der Waals surface area contributed by atoms with Gasteiger partial charge in [0.2, 0.25) is 0 Å². The van der Waals surface area contributed by atoms with Gasteiger partial charge in [0.1, 0.15) is 6.10 Å². The number of hydrogen-bond acceptors (Lipinski definition) is 4. The Morgan fingerprint density at radius 2 is 2.00 bits per heavy atom. The number of aromatic nitrogens is 1. The third kappa shape index (κ3) is 2.54. The van der Waals surface area contributed by atoms with Crippen LogP contribution in [0.4, 0.5) is 5.69 Å². The number of thiophene rings is 1. The van der Waals surface area contributed by atoms with Crippen LogP contribution in [-0.4, -0.2) is 10.1 Å². The first-order chi connectivity index (χ1) is 8.39. The first kappa shape index (κ1) is 13.1. The molecule has 0 aliphatic rings. The predicted octanol–water partition coefficient (Wildman–Crippen LogP) is 3.10. The summed E-state index contributed by atoms with van der Waals surface area (Å²) in [5, 5.41) is 10.3. The zero-order chi connectivity index (χ0) is 13.3. The summed E-state index contributed by atoms with van der Waals surface area (Å²) >= 11 is 1.62. The Bertz CT molecular complexity index is 543. The van der Waals surface area contributed by atoms with Crippen molar-refractivity contribution in [2.24, 2.45) is 0 Å². The minimum Gasteiger partial charge on any atom is -0.398 e. The van der Waals surface area contributed by atoms with Crippen molar-refractivity contribution in [1.82, 2.24) is 4.98 Å². The van der Waals surface area contributed by atoms with Gasteiger partial charge in [0.15, 0.2) is 0 Å². The van der Waals surface area contributed by atoms with E-state index >= 15 is 0 Å². The highest BCUT2D eigenvalue weighted by atomic mass is 32.1. The molecule has 0 saturated carbocycles. The van der Waals surface area contributed by atoms with Crippen LogP contribution in [0.1, 0.15) is 42.2 Å². The van der Waals surface area contributed by atoms with Crippen molar-refractivity contribution in [3.05, 3.63) is 45.9 Å². The average Bonchev–Trinajstić information content (AvgIpc) is 2.77. The number of aliphatic hydroxyl groups is 1. The molecule has 0 radical (unpaired) electrons. The topological polar surface area (TPSA) is 59.1 Å². The number of nitrogen functional groups attached to an aromatic ring is 1. The number of anilines is 1. The Morgan fingerprint density at radius 1 is 1.28 bits per heavy atom. The smallest absolute Gasteiger partial charge is 0.117 e. The monoisotopic (exact) mass is 262 g/mol. The van der Waals surface area contributed by atoms with Crippen LogP contribution in [-0.2, 0) is 5.41 Å². The van der Waals surface area contributed by atoms with E-state index in [-0.39, 0.29) is 5.41 Å².